The minimum atomic E-state index is -1.18. The lowest BCUT2D eigenvalue weighted by Crippen LogP contribution is -2.11. The topological polar surface area (TPSA) is 93.1 Å². The summed E-state index contributed by atoms with van der Waals surface area (Å²) in [6.45, 7) is 8.74. The smallest absolute Gasteiger partial charge is 0.339 e. The largest absolute Gasteiger partial charge is 0.493 e. The number of ether oxygens (including phenoxy) is 2. The summed E-state index contributed by atoms with van der Waals surface area (Å²) in [5, 5.41) is 18.7. The van der Waals surface area contributed by atoms with E-state index in [0.717, 1.165) is 12.8 Å². The number of hydrogen-bond acceptors (Lipinski definition) is 4. The third-order valence-corrected chi connectivity index (χ3v) is 3.45. The Hall–Kier alpha value is -2.24. The first kappa shape index (κ1) is 19.8. The number of hydrogen-bond donors (Lipinski definition) is 2. The fourth-order valence-electron chi connectivity index (χ4n) is 1.94. The van der Waals surface area contributed by atoms with Crippen LogP contribution in [0.1, 0.15) is 61.3 Å². The van der Waals surface area contributed by atoms with E-state index < -0.39 is 11.9 Å². The van der Waals surface area contributed by atoms with Gasteiger partial charge in [0, 0.05) is 0 Å². The Balaban J connectivity index is 3.09. The number of aromatic carboxylic acids is 2. The lowest BCUT2D eigenvalue weighted by atomic mass is 10.1. The first-order valence-electron chi connectivity index (χ1n) is 8.12. The highest BCUT2D eigenvalue weighted by Crippen LogP contribution is 2.30. The molecule has 0 heterocycles. The number of carboxylic acids is 2. The Morgan fingerprint density at radius 2 is 1.17 bits per heavy atom. The molecular formula is C18H26O6. The average Bonchev–Trinajstić information content (AvgIpc) is 2.46. The molecule has 2 N–H and O–H groups in total. The molecule has 24 heavy (non-hydrogen) atoms. The van der Waals surface area contributed by atoms with Crippen molar-refractivity contribution in [3.8, 4) is 11.5 Å². The molecule has 1 aromatic carbocycles. The highest BCUT2D eigenvalue weighted by atomic mass is 16.5. The van der Waals surface area contributed by atoms with Crippen LogP contribution in [0.2, 0.25) is 0 Å². The van der Waals surface area contributed by atoms with Crippen LogP contribution in [-0.2, 0) is 0 Å². The third kappa shape index (κ3) is 6.10. The SMILES string of the molecule is CC(C)CCOc1cc(C(=O)O)c(OCCC(C)C)cc1C(=O)O. The number of carbonyl (C=O) groups is 2. The molecule has 0 radical (unpaired) electrons. The van der Waals surface area contributed by atoms with Crippen molar-refractivity contribution in [2.75, 3.05) is 13.2 Å². The van der Waals surface area contributed by atoms with E-state index in [1.165, 1.54) is 12.1 Å². The molecule has 0 bridgehead atoms. The number of rotatable bonds is 10. The molecule has 0 unspecified atom stereocenters. The maximum absolute atomic E-state index is 11.5. The minimum Gasteiger partial charge on any atom is -0.493 e. The summed E-state index contributed by atoms with van der Waals surface area (Å²) >= 11 is 0. The Kier molecular flexibility index (Phi) is 7.55. The van der Waals surface area contributed by atoms with Crippen LogP contribution >= 0.6 is 0 Å². The second-order valence-corrected chi connectivity index (χ2v) is 6.52. The summed E-state index contributed by atoms with van der Waals surface area (Å²) in [7, 11) is 0. The molecule has 134 valence electrons. The van der Waals surface area contributed by atoms with E-state index in [2.05, 4.69) is 0 Å². The first-order valence-corrected chi connectivity index (χ1v) is 8.12. The van der Waals surface area contributed by atoms with Gasteiger partial charge in [-0.3, -0.25) is 0 Å². The number of carboxylic acid groups (broad SMARTS) is 2. The fraction of sp³-hybridized carbons (Fsp3) is 0.556. The molecule has 0 saturated heterocycles. The van der Waals surface area contributed by atoms with Gasteiger partial charge >= 0.3 is 11.9 Å². The predicted molar refractivity (Wildman–Crippen MR) is 90.3 cm³/mol. The molecule has 0 aliphatic heterocycles. The van der Waals surface area contributed by atoms with Gasteiger partial charge < -0.3 is 19.7 Å². The lowest BCUT2D eigenvalue weighted by molar-refractivity contribution is 0.0672. The summed E-state index contributed by atoms with van der Waals surface area (Å²) in [5.74, 6) is -1.46. The zero-order valence-electron chi connectivity index (χ0n) is 14.7. The fourth-order valence-corrected chi connectivity index (χ4v) is 1.94. The van der Waals surface area contributed by atoms with Crippen molar-refractivity contribution >= 4 is 11.9 Å². The van der Waals surface area contributed by atoms with Crippen molar-refractivity contribution in [1.82, 2.24) is 0 Å². The first-order chi connectivity index (χ1) is 11.2. The third-order valence-electron chi connectivity index (χ3n) is 3.45. The van der Waals surface area contributed by atoms with Crippen molar-refractivity contribution in [2.45, 2.75) is 40.5 Å². The predicted octanol–water partition coefficient (Wildman–Crippen LogP) is 3.93. The molecule has 0 aromatic heterocycles. The molecule has 0 spiro atoms. The lowest BCUT2D eigenvalue weighted by Gasteiger charge is -2.15. The van der Waals surface area contributed by atoms with Gasteiger partial charge in [0.1, 0.15) is 22.6 Å². The Morgan fingerprint density at radius 3 is 1.42 bits per heavy atom. The summed E-state index contributed by atoms with van der Waals surface area (Å²) in [6.07, 6.45) is 1.49. The van der Waals surface area contributed by atoms with Crippen molar-refractivity contribution in [2.24, 2.45) is 11.8 Å². The van der Waals surface area contributed by atoms with Gasteiger partial charge in [-0.15, -0.1) is 0 Å². The number of benzene rings is 1. The second-order valence-electron chi connectivity index (χ2n) is 6.52. The van der Waals surface area contributed by atoms with Crippen LogP contribution in [0.3, 0.4) is 0 Å². The summed E-state index contributed by atoms with van der Waals surface area (Å²) in [4.78, 5) is 22.9. The van der Waals surface area contributed by atoms with Gasteiger partial charge in [0.2, 0.25) is 0 Å². The van der Waals surface area contributed by atoms with Crippen molar-refractivity contribution in [3.63, 3.8) is 0 Å². The Morgan fingerprint density at radius 1 is 0.833 bits per heavy atom. The van der Waals surface area contributed by atoms with Crippen LogP contribution in [0.15, 0.2) is 12.1 Å². The summed E-state index contributed by atoms with van der Waals surface area (Å²) < 4.78 is 11.0. The normalized spacial score (nSPS) is 10.9. The minimum absolute atomic E-state index is 0.0526. The highest BCUT2D eigenvalue weighted by molar-refractivity contribution is 5.97. The second kappa shape index (κ2) is 9.15. The van der Waals surface area contributed by atoms with E-state index in [9.17, 15) is 19.8 Å². The monoisotopic (exact) mass is 338 g/mol. The van der Waals surface area contributed by atoms with Crippen LogP contribution in [0.25, 0.3) is 0 Å². The van der Waals surface area contributed by atoms with Crippen LogP contribution in [0.5, 0.6) is 11.5 Å². The van der Waals surface area contributed by atoms with Crippen LogP contribution < -0.4 is 9.47 Å². The van der Waals surface area contributed by atoms with E-state index in [-0.39, 0.29) is 22.6 Å². The highest BCUT2D eigenvalue weighted by Gasteiger charge is 2.21. The maximum Gasteiger partial charge on any atom is 0.339 e. The van der Waals surface area contributed by atoms with Crippen LogP contribution in [-0.4, -0.2) is 35.4 Å². The van der Waals surface area contributed by atoms with Gasteiger partial charge in [0.25, 0.3) is 0 Å². The van der Waals surface area contributed by atoms with Gasteiger partial charge in [-0.2, -0.15) is 0 Å². The van der Waals surface area contributed by atoms with Gasteiger partial charge in [0.15, 0.2) is 0 Å². The van der Waals surface area contributed by atoms with E-state index in [0.29, 0.717) is 25.0 Å². The molecule has 0 aliphatic carbocycles. The van der Waals surface area contributed by atoms with E-state index in [1.54, 1.807) is 0 Å². The zero-order chi connectivity index (χ0) is 18.3. The van der Waals surface area contributed by atoms with E-state index in [4.69, 9.17) is 9.47 Å². The quantitative estimate of drug-likeness (QED) is 0.671. The van der Waals surface area contributed by atoms with Crippen molar-refractivity contribution in [1.29, 1.82) is 0 Å². The van der Waals surface area contributed by atoms with Crippen LogP contribution in [0.4, 0.5) is 0 Å². The molecule has 6 heteroatoms. The Bertz CT molecular complexity index is 525. The summed E-state index contributed by atoms with van der Waals surface area (Å²) in [6, 6.07) is 2.47. The molecule has 1 rings (SSSR count). The molecule has 0 fully saturated rings. The molecule has 0 atom stereocenters. The van der Waals surface area contributed by atoms with Gasteiger partial charge in [-0.1, -0.05) is 27.7 Å². The standard InChI is InChI=1S/C18H26O6/c1-11(2)5-7-23-15-9-14(18(21)22)16(10-13(15)17(19)20)24-8-6-12(3)4/h9-12H,5-8H2,1-4H3,(H,19,20)(H,21,22). The molecule has 0 saturated carbocycles. The van der Waals surface area contributed by atoms with Gasteiger partial charge in [-0.05, 0) is 36.8 Å². The Labute approximate surface area is 142 Å². The summed E-state index contributed by atoms with van der Waals surface area (Å²) in [5.41, 5.74) is -0.188. The molecule has 0 aliphatic rings. The molecule has 0 amide bonds. The van der Waals surface area contributed by atoms with Crippen molar-refractivity contribution < 1.29 is 29.3 Å². The van der Waals surface area contributed by atoms with Crippen molar-refractivity contribution in [3.05, 3.63) is 23.3 Å². The molecular weight excluding hydrogens is 312 g/mol. The average molecular weight is 338 g/mol. The van der Waals surface area contributed by atoms with E-state index >= 15 is 0 Å². The van der Waals surface area contributed by atoms with Crippen LogP contribution in [0, 0.1) is 11.8 Å². The van der Waals surface area contributed by atoms with E-state index in [1.807, 2.05) is 27.7 Å². The van der Waals surface area contributed by atoms with Gasteiger partial charge in [0.05, 0.1) is 13.2 Å². The maximum atomic E-state index is 11.5. The zero-order valence-corrected chi connectivity index (χ0v) is 14.7. The molecule has 6 nitrogen and oxygen atoms in total. The molecule has 1 aromatic rings. The van der Waals surface area contributed by atoms with Gasteiger partial charge in [-0.25, -0.2) is 9.59 Å².